The van der Waals surface area contributed by atoms with Gasteiger partial charge < -0.3 is 10.1 Å². The molecule has 0 saturated heterocycles. The first-order valence-electron chi connectivity index (χ1n) is 5.44. The monoisotopic (exact) mass is 317 g/mol. The van der Waals surface area contributed by atoms with Crippen molar-refractivity contribution in [3.05, 3.63) is 27.2 Å². The van der Waals surface area contributed by atoms with Crippen molar-refractivity contribution < 1.29 is 9.53 Å². The van der Waals surface area contributed by atoms with Gasteiger partial charge in [0.15, 0.2) is 6.61 Å². The second-order valence-corrected chi connectivity index (χ2v) is 5.49. The number of rotatable bonds is 4. The lowest BCUT2D eigenvalue weighted by molar-refractivity contribution is -0.123. The van der Waals surface area contributed by atoms with Crippen molar-refractivity contribution in [2.75, 3.05) is 6.61 Å². The summed E-state index contributed by atoms with van der Waals surface area (Å²) in [4.78, 5) is 11.5. The van der Waals surface area contributed by atoms with Crippen LogP contribution >= 0.6 is 27.5 Å². The summed E-state index contributed by atoms with van der Waals surface area (Å²) < 4.78 is 6.35. The van der Waals surface area contributed by atoms with Crippen LogP contribution in [0.4, 0.5) is 0 Å². The molecule has 1 aliphatic carbocycles. The molecule has 17 heavy (non-hydrogen) atoms. The molecule has 1 aliphatic rings. The van der Waals surface area contributed by atoms with E-state index in [0.29, 0.717) is 16.8 Å². The zero-order valence-electron chi connectivity index (χ0n) is 9.43. The molecule has 0 bridgehead atoms. The van der Waals surface area contributed by atoms with E-state index < -0.39 is 0 Å². The minimum atomic E-state index is -0.0918. The second kappa shape index (κ2) is 5.27. The number of aryl methyl sites for hydroxylation is 1. The van der Waals surface area contributed by atoms with E-state index in [4.69, 9.17) is 16.3 Å². The Morgan fingerprint density at radius 3 is 2.88 bits per heavy atom. The molecule has 5 heteroatoms. The van der Waals surface area contributed by atoms with Crippen molar-refractivity contribution in [1.29, 1.82) is 0 Å². The predicted octanol–water partition coefficient (Wildman–Crippen LogP) is 3.07. The maximum absolute atomic E-state index is 11.5. The highest BCUT2D eigenvalue weighted by atomic mass is 79.9. The molecule has 1 aromatic rings. The van der Waals surface area contributed by atoms with Gasteiger partial charge >= 0.3 is 0 Å². The van der Waals surface area contributed by atoms with Gasteiger partial charge in [0.2, 0.25) is 0 Å². The van der Waals surface area contributed by atoms with E-state index in [9.17, 15) is 4.79 Å². The lowest BCUT2D eigenvalue weighted by atomic mass is 10.2. The van der Waals surface area contributed by atoms with E-state index in [1.165, 1.54) is 0 Å². The zero-order valence-corrected chi connectivity index (χ0v) is 11.8. The fraction of sp³-hybridized carbons (Fsp3) is 0.417. The Labute approximate surface area is 114 Å². The van der Waals surface area contributed by atoms with E-state index in [2.05, 4.69) is 21.2 Å². The number of nitrogens with one attached hydrogen (secondary N) is 1. The third-order valence-electron chi connectivity index (χ3n) is 2.48. The summed E-state index contributed by atoms with van der Waals surface area (Å²) in [7, 11) is 0. The number of carbonyl (C=O) groups excluding carboxylic acids is 1. The summed E-state index contributed by atoms with van der Waals surface area (Å²) in [5.41, 5.74) is 0.906. The molecule has 0 spiro atoms. The Kier molecular flexibility index (Phi) is 3.94. The average Bonchev–Trinajstić information content (AvgIpc) is 2.99. The summed E-state index contributed by atoms with van der Waals surface area (Å²) in [6, 6.07) is 4.01. The Hall–Kier alpha value is -0.740. The lowest BCUT2D eigenvalue weighted by Gasteiger charge is -2.11. The highest BCUT2D eigenvalue weighted by Crippen LogP contribution is 2.31. The Bertz CT molecular complexity index is 423. The Balaban J connectivity index is 1.95. The molecule has 0 heterocycles. The number of benzene rings is 1. The third-order valence-corrected chi connectivity index (χ3v) is 3.22. The first kappa shape index (κ1) is 12.7. The quantitative estimate of drug-likeness (QED) is 0.926. The molecule has 1 fully saturated rings. The topological polar surface area (TPSA) is 38.3 Å². The minimum absolute atomic E-state index is 0.0126. The first-order chi connectivity index (χ1) is 8.06. The van der Waals surface area contributed by atoms with Crippen molar-refractivity contribution in [3.63, 3.8) is 0 Å². The van der Waals surface area contributed by atoms with Gasteiger partial charge in [-0.25, -0.2) is 0 Å². The summed E-state index contributed by atoms with van der Waals surface area (Å²) in [5.74, 6) is 0.478. The fourth-order valence-corrected chi connectivity index (χ4v) is 2.53. The molecule has 0 aliphatic heterocycles. The van der Waals surface area contributed by atoms with E-state index in [1.54, 1.807) is 6.07 Å². The maximum atomic E-state index is 11.5. The molecule has 1 N–H and O–H groups in total. The summed E-state index contributed by atoms with van der Waals surface area (Å²) in [6.07, 6.45) is 2.15. The van der Waals surface area contributed by atoms with Crippen LogP contribution in [0.3, 0.4) is 0 Å². The largest absolute Gasteiger partial charge is 0.482 e. The molecule has 0 atom stereocenters. The number of hydrogen-bond donors (Lipinski definition) is 1. The number of carbonyl (C=O) groups is 1. The van der Waals surface area contributed by atoms with Crippen molar-refractivity contribution in [1.82, 2.24) is 5.32 Å². The van der Waals surface area contributed by atoms with Gasteiger partial charge in [-0.05, 0) is 37.5 Å². The second-order valence-electron chi connectivity index (χ2n) is 4.16. The van der Waals surface area contributed by atoms with Gasteiger partial charge in [0.1, 0.15) is 5.75 Å². The molecule has 1 aromatic carbocycles. The van der Waals surface area contributed by atoms with Gasteiger partial charge in [-0.3, -0.25) is 4.79 Å². The highest BCUT2D eigenvalue weighted by molar-refractivity contribution is 9.10. The first-order valence-corrected chi connectivity index (χ1v) is 6.61. The maximum Gasteiger partial charge on any atom is 0.258 e. The molecule has 3 nitrogen and oxygen atoms in total. The summed E-state index contributed by atoms with van der Waals surface area (Å²) >= 11 is 9.40. The summed E-state index contributed by atoms with van der Waals surface area (Å²) in [6.45, 7) is 1.91. The minimum Gasteiger partial charge on any atom is -0.482 e. The highest BCUT2D eigenvalue weighted by Gasteiger charge is 2.23. The van der Waals surface area contributed by atoms with Crippen LogP contribution in [0.5, 0.6) is 5.75 Å². The number of amides is 1. The van der Waals surface area contributed by atoms with Crippen LogP contribution in [-0.4, -0.2) is 18.6 Å². The van der Waals surface area contributed by atoms with Crippen LogP contribution in [0.25, 0.3) is 0 Å². The Morgan fingerprint density at radius 1 is 1.59 bits per heavy atom. The molecule has 92 valence electrons. The van der Waals surface area contributed by atoms with Crippen LogP contribution in [0.2, 0.25) is 5.02 Å². The normalized spacial score (nSPS) is 14.5. The number of hydrogen-bond acceptors (Lipinski definition) is 2. The van der Waals surface area contributed by atoms with Gasteiger partial charge in [0.05, 0.1) is 5.02 Å². The number of ether oxygens (including phenoxy) is 1. The Morgan fingerprint density at radius 2 is 2.29 bits per heavy atom. The van der Waals surface area contributed by atoms with Gasteiger partial charge in [0.25, 0.3) is 5.91 Å². The molecule has 2 rings (SSSR count). The average molecular weight is 319 g/mol. The van der Waals surface area contributed by atoms with Crippen molar-refractivity contribution >= 4 is 33.4 Å². The standard InChI is InChI=1S/C12H13BrClNO2/c1-7-4-8(13)5-10(14)12(7)17-6-11(16)15-9-2-3-9/h4-5,9H,2-3,6H2,1H3,(H,15,16). The fourth-order valence-electron chi connectivity index (χ4n) is 1.51. The van der Waals surface area contributed by atoms with Gasteiger partial charge in [-0.2, -0.15) is 0 Å². The molecule has 1 saturated carbocycles. The van der Waals surface area contributed by atoms with Gasteiger partial charge in [-0.1, -0.05) is 27.5 Å². The van der Waals surface area contributed by atoms with Crippen LogP contribution in [-0.2, 0) is 4.79 Å². The molecular weight excluding hydrogens is 305 g/mol. The van der Waals surface area contributed by atoms with Crippen LogP contribution in [0.15, 0.2) is 16.6 Å². The molecule has 0 unspecified atom stereocenters. The lowest BCUT2D eigenvalue weighted by Crippen LogP contribution is -2.30. The third kappa shape index (κ3) is 3.61. The smallest absolute Gasteiger partial charge is 0.258 e. The van der Waals surface area contributed by atoms with Crippen LogP contribution in [0.1, 0.15) is 18.4 Å². The van der Waals surface area contributed by atoms with Gasteiger partial charge in [0, 0.05) is 10.5 Å². The molecule has 1 amide bonds. The van der Waals surface area contributed by atoms with Crippen molar-refractivity contribution in [3.8, 4) is 5.75 Å². The van der Waals surface area contributed by atoms with E-state index in [1.807, 2.05) is 13.0 Å². The van der Waals surface area contributed by atoms with Crippen molar-refractivity contribution in [2.24, 2.45) is 0 Å². The molecular formula is C12H13BrClNO2. The summed E-state index contributed by atoms with van der Waals surface area (Å²) in [5, 5.41) is 3.37. The zero-order chi connectivity index (χ0) is 12.4. The van der Waals surface area contributed by atoms with Gasteiger partial charge in [-0.15, -0.1) is 0 Å². The molecule has 0 aromatic heterocycles. The molecule has 0 radical (unpaired) electrons. The van der Waals surface area contributed by atoms with E-state index >= 15 is 0 Å². The van der Waals surface area contributed by atoms with Crippen LogP contribution in [0, 0.1) is 6.92 Å². The van der Waals surface area contributed by atoms with E-state index in [0.717, 1.165) is 22.9 Å². The number of halogens is 2. The SMILES string of the molecule is Cc1cc(Br)cc(Cl)c1OCC(=O)NC1CC1. The predicted molar refractivity (Wildman–Crippen MR) is 70.5 cm³/mol. The van der Waals surface area contributed by atoms with E-state index in [-0.39, 0.29) is 12.5 Å². The van der Waals surface area contributed by atoms with Crippen LogP contribution < -0.4 is 10.1 Å². The van der Waals surface area contributed by atoms with Crippen molar-refractivity contribution in [2.45, 2.75) is 25.8 Å².